The van der Waals surface area contributed by atoms with Gasteiger partial charge in [0.1, 0.15) is 0 Å². The van der Waals surface area contributed by atoms with E-state index in [1.165, 1.54) is 12.0 Å². The monoisotopic (exact) mass is 310 g/mol. The molecule has 0 radical (unpaired) electrons. The molecule has 21 heavy (non-hydrogen) atoms. The van der Waals surface area contributed by atoms with Gasteiger partial charge in [-0.1, -0.05) is 50.9 Å². The van der Waals surface area contributed by atoms with Crippen LogP contribution in [0.15, 0.2) is 24.3 Å². The lowest BCUT2D eigenvalue weighted by atomic mass is 9.82. The molecule has 0 spiro atoms. The molecule has 0 saturated heterocycles. The van der Waals surface area contributed by atoms with E-state index < -0.39 is 0 Å². The Balaban J connectivity index is 2.98. The molecule has 3 heteroatoms. The third-order valence-corrected chi connectivity index (χ3v) is 5.40. The van der Waals surface area contributed by atoms with Gasteiger partial charge in [0.2, 0.25) is 0 Å². The molecule has 120 valence electrons. The van der Waals surface area contributed by atoms with Crippen LogP contribution >= 0.6 is 11.6 Å². The third kappa shape index (κ3) is 4.45. The Morgan fingerprint density at radius 2 is 1.76 bits per heavy atom. The summed E-state index contributed by atoms with van der Waals surface area (Å²) in [5.41, 5.74) is 7.55. The molecule has 1 rings (SSSR count). The molecule has 0 aliphatic heterocycles. The van der Waals surface area contributed by atoms with Crippen LogP contribution in [0.4, 0.5) is 0 Å². The summed E-state index contributed by atoms with van der Waals surface area (Å²) >= 11 is 5.99. The van der Waals surface area contributed by atoms with Gasteiger partial charge in [-0.25, -0.2) is 0 Å². The summed E-state index contributed by atoms with van der Waals surface area (Å²) in [7, 11) is 2.21. The van der Waals surface area contributed by atoms with Gasteiger partial charge in [-0.3, -0.25) is 4.90 Å². The highest BCUT2D eigenvalue weighted by Crippen LogP contribution is 2.34. The van der Waals surface area contributed by atoms with Crippen LogP contribution in [0, 0.1) is 5.92 Å². The van der Waals surface area contributed by atoms with E-state index in [2.05, 4.69) is 51.8 Å². The summed E-state index contributed by atoms with van der Waals surface area (Å²) in [6.07, 6.45) is 3.41. The molecule has 0 bridgehead atoms. The Morgan fingerprint density at radius 3 is 2.19 bits per heavy atom. The maximum Gasteiger partial charge on any atom is 0.0406 e. The number of nitrogens with two attached hydrogens (primary N) is 1. The minimum atomic E-state index is 0.0640. The molecule has 0 aliphatic rings. The van der Waals surface area contributed by atoms with Gasteiger partial charge in [0.25, 0.3) is 0 Å². The molecule has 0 saturated carbocycles. The number of rotatable bonds is 8. The molecular weight excluding hydrogens is 280 g/mol. The number of hydrogen-bond acceptors (Lipinski definition) is 2. The lowest BCUT2D eigenvalue weighted by molar-refractivity contribution is 0.0575. The molecule has 0 fully saturated rings. The van der Waals surface area contributed by atoms with E-state index in [1.807, 2.05) is 12.1 Å². The molecule has 0 aliphatic carbocycles. The van der Waals surface area contributed by atoms with E-state index in [-0.39, 0.29) is 5.54 Å². The first-order valence-corrected chi connectivity index (χ1v) is 8.46. The zero-order chi connectivity index (χ0) is 16.0. The van der Waals surface area contributed by atoms with Crippen molar-refractivity contribution in [3.63, 3.8) is 0 Å². The molecule has 3 unspecified atom stereocenters. The normalized spacial score (nSPS) is 17.5. The second kappa shape index (κ2) is 8.17. The lowest BCUT2D eigenvalue weighted by Crippen LogP contribution is -2.53. The van der Waals surface area contributed by atoms with E-state index in [9.17, 15) is 0 Å². The third-order valence-electron chi connectivity index (χ3n) is 5.14. The van der Waals surface area contributed by atoms with Crippen LogP contribution in [-0.4, -0.2) is 24.0 Å². The number of halogens is 1. The molecule has 2 N–H and O–H groups in total. The van der Waals surface area contributed by atoms with Gasteiger partial charge in [-0.2, -0.15) is 0 Å². The Labute approximate surface area is 135 Å². The van der Waals surface area contributed by atoms with Gasteiger partial charge in [0.15, 0.2) is 0 Å². The average Bonchev–Trinajstić information content (AvgIpc) is 2.51. The number of hydrogen-bond donors (Lipinski definition) is 1. The van der Waals surface area contributed by atoms with E-state index in [0.29, 0.717) is 18.5 Å². The van der Waals surface area contributed by atoms with Crippen LogP contribution in [0.1, 0.15) is 58.6 Å². The summed E-state index contributed by atoms with van der Waals surface area (Å²) in [4.78, 5) is 2.46. The fourth-order valence-corrected chi connectivity index (χ4v) is 3.20. The molecule has 0 amide bonds. The van der Waals surface area contributed by atoms with Gasteiger partial charge >= 0.3 is 0 Å². The van der Waals surface area contributed by atoms with Gasteiger partial charge in [-0.05, 0) is 50.4 Å². The zero-order valence-electron chi connectivity index (χ0n) is 14.2. The molecule has 0 heterocycles. The summed E-state index contributed by atoms with van der Waals surface area (Å²) in [5.74, 6) is 0.688. The Kier molecular flexibility index (Phi) is 7.19. The highest BCUT2D eigenvalue weighted by atomic mass is 35.5. The van der Waals surface area contributed by atoms with E-state index in [1.54, 1.807) is 0 Å². The van der Waals surface area contributed by atoms with Crippen LogP contribution < -0.4 is 5.73 Å². The van der Waals surface area contributed by atoms with Crippen LogP contribution in [0.3, 0.4) is 0 Å². The zero-order valence-corrected chi connectivity index (χ0v) is 15.0. The Morgan fingerprint density at radius 1 is 1.19 bits per heavy atom. The minimum Gasteiger partial charge on any atom is -0.329 e. The maximum atomic E-state index is 6.20. The van der Waals surface area contributed by atoms with Gasteiger partial charge in [0, 0.05) is 23.1 Å². The smallest absolute Gasteiger partial charge is 0.0406 e. The summed E-state index contributed by atoms with van der Waals surface area (Å²) in [5, 5.41) is 0.786. The van der Waals surface area contributed by atoms with Crippen molar-refractivity contribution in [2.75, 3.05) is 13.6 Å². The van der Waals surface area contributed by atoms with Crippen molar-refractivity contribution < 1.29 is 0 Å². The van der Waals surface area contributed by atoms with Crippen LogP contribution in [0.25, 0.3) is 0 Å². The van der Waals surface area contributed by atoms with E-state index in [0.717, 1.165) is 17.9 Å². The molecular formula is C18H31ClN2. The topological polar surface area (TPSA) is 29.3 Å². The van der Waals surface area contributed by atoms with Crippen molar-refractivity contribution >= 4 is 11.6 Å². The largest absolute Gasteiger partial charge is 0.329 e. The lowest BCUT2D eigenvalue weighted by Gasteiger charge is -2.45. The molecule has 1 aromatic carbocycles. The number of nitrogens with zero attached hydrogens (tertiary/aromatic N) is 1. The highest BCUT2D eigenvalue weighted by molar-refractivity contribution is 6.30. The summed E-state index contributed by atoms with van der Waals surface area (Å²) in [6.45, 7) is 9.77. The van der Waals surface area contributed by atoms with Crippen molar-refractivity contribution in [3.05, 3.63) is 34.9 Å². The first-order chi connectivity index (χ1) is 9.90. The second-order valence-corrected chi connectivity index (χ2v) is 6.77. The van der Waals surface area contributed by atoms with Crippen LogP contribution in [-0.2, 0) is 0 Å². The van der Waals surface area contributed by atoms with Crippen molar-refractivity contribution in [1.29, 1.82) is 0 Å². The molecule has 2 nitrogen and oxygen atoms in total. The van der Waals surface area contributed by atoms with Gasteiger partial charge in [-0.15, -0.1) is 0 Å². The molecule has 3 atom stereocenters. The minimum absolute atomic E-state index is 0.0640. The van der Waals surface area contributed by atoms with E-state index in [4.69, 9.17) is 17.3 Å². The van der Waals surface area contributed by atoms with Crippen LogP contribution in [0.2, 0.25) is 5.02 Å². The van der Waals surface area contributed by atoms with Crippen molar-refractivity contribution in [3.8, 4) is 0 Å². The number of likely N-dealkylation sites (N-methyl/N-ethyl adjacent to an activating group) is 1. The van der Waals surface area contributed by atoms with Crippen molar-refractivity contribution in [2.45, 2.75) is 58.5 Å². The fraction of sp³-hybridized carbons (Fsp3) is 0.667. The Bertz CT molecular complexity index is 412. The quantitative estimate of drug-likeness (QED) is 0.741. The fourth-order valence-electron chi connectivity index (χ4n) is 3.08. The second-order valence-electron chi connectivity index (χ2n) is 6.34. The first-order valence-electron chi connectivity index (χ1n) is 8.08. The summed E-state index contributed by atoms with van der Waals surface area (Å²) < 4.78 is 0. The van der Waals surface area contributed by atoms with Crippen LogP contribution in [0.5, 0.6) is 0 Å². The molecule has 1 aromatic rings. The Hall–Kier alpha value is -0.570. The first kappa shape index (κ1) is 18.5. The van der Waals surface area contributed by atoms with Gasteiger partial charge < -0.3 is 5.73 Å². The standard InChI is InChI=1S/C18H31ClN2/c1-6-14(3)12-18(7-2,13-20)21(5)15(4)16-8-10-17(19)11-9-16/h8-11,14-15H,6-7,12-13,20H2,1-5H3. The van der Waals surface area contributed by atoms with Crippen molar-refractivity contribution in [2.24, 2.45) is 11.7 Å². The highest BCUT2D eigenvalue weighted by Gasteiger charge is 2.35. The average molecular weight is 311 g/mol. The molecule has 0 aromatic heterocycles. The SMILES string of the molecule is CCC(C)CC(CC)(CN)N(C)C(C)c1ccc(Cl)cc1. The number of benzene rings is 1. The summed E-state index contributed by atoms with van der Waals surface area (Å²) in [6, 6.07) is 8.49. The van der Waals surface area contributed by atoms with Crippen molar-refractivity contribution in [1.82, 2.24) is 4.90 Å². The van der Waals surface area contributed by atoms with E-state index >= 15 is 0 Å². The maximum absolute atomic E-state index is 6.20. The predicted octanol–water partition coefficient (Wildman–Crippen LogP) is 4.88. The predicted molar refractivity (Wildman–Crippen MR) is 93.8 cm³/mol. The van der Waals surface area contributed by atoms with Gasteiger partial charge in [0.05, 0.1) is 0 Å².